The van der Waals surface area contributed by atoms with Crippen LogP contribution in [0.1, 0.15) is 19.8 Å². The monoisotopic (exact) mass is 343 g/mol. The second kappa shape index (κ2) is 6.39. The van der Waals surface area contributed by atoms with E-state index in [1.165, 1.54) is 6.33 Å². The van der Waals surface area contributed by atoms with Gasteiger partial charge in [0.05, 0.1) is 19.3 Å². The van der Waals surface area contributed by atoms with Crippen molar-refractivity contribution >= 4 is 29.5 Å². The average Bonchev–Trinajstić information content (AvgIpc) is 2.89. The van der Waals surface area contributed by atoms with Crippen molar-refractivity contribution in [1.29, 1.82) is 5.26 Å². The molecule has 1 amide bonds. The first-order valence-electron chi connectivity index (χ1n) is 7.93. The minimum absolute atomic E-state index is 0.147. The van der Waals surface area contributed by atoms with Gasteiger partial charge >= 0.3 is 5.82 Å². The molecule has 1 aliphatic rings. The zero-order valence-electron chi connectivity index (χ0n) is 13.8. The summed E-state index contributed by atoms with van der Waals surface area (Å²) in [6, 6.07) is 1.73. The van der Waals surface area contributed by atoms with Crippen molar-refractivity contribution in [3.63, 3.8) is 0 Å². The molecule has 0 spiro atoms. The number of nitrogens with one attached hydrogen (secondary N) is 1. The molecule has 9 heteroatoms. The third-order valence-corrected chi connectivity index (χ3v) is 4.70. The lowest BCUT2D eigenvalue weighted by Gasteiger charge is -2.35. The van der Waals surface area contributed by atoms with Gasteiger partial charge in [-0.25, -0.2) is 4.58 Å². The first-order chi connectivity index (χ1) is 11.9. The number of amides is 1. The summed E-state index contributed by atoms with van der Waals surface area (Å²) in [5.74, 6) is -0.329. The number of carbonyl (C=O) groups excluding carboxylic acids is 1. The summed E-state index contributed by atoms with van der Waals surface area (Å²) in [7, 11) is 0. The van der Waals surface area contributed by atoms with Gasteiger partial charge in [-0.05, 0) is 11.4 Å². The van der Waals surface area contributed by atoms with Crippen molar-refractivity contribution in [2.45, 2.75) is 25.8 Å². The molecule has 2 aromatic heterocycles. The molecule has 130 valence electrons. The summed E-state index contributed by atoms with van der Waals surface area (Å²) in [6.07, 6.45) is 1.94. The van der Waals surface area contributed by atoms with Gasteiger partial charge in [0.1, 0.15) is 12.5 Å². The molecular weight excluding hydrogens is 324 g/mol. The van der Waals surface area contributed by atoms with E-state index < -0.39 is 0 Å². The molecule has 0 bridgehead atoms. The molecule has 3 heterocycles. The van der Waals surface area contributed by atoms with Crippen molar-refractivity contribution in [3.8, 4) is 17.7 Å². The predicted octanol–water partition coefficient (Wildman–Crippen LogP) is 0.864. The van der Waals surface area contributed by atoms with Crippen LogP contribution in [0.15, 0.2) is 6.33 Å². The van der Waals surface area contributed by atoms with Crippen LogP contribution < -0.4 is 0 Å². The lowest BCUT2D eigenvalue weighted by Crippen LogP contribution is -2.49. The van der Waals surface area contributed by atoms with E-state index in [0.717, 1.165) is 6.42 Å². The van der Waals surface area contributed by atoms with Gasteiger partial charge in [-0.15, -0.1) is 0 Å². The molecule has 1 fully saturated rings. The fourth-order valence-corrected chi connectivity index (χ4v) is 3.21. The lowest BCUT2D eigenvalue weighted by atomic mass is 9.92. The van der Waals surface area contributed by atoms with Gasteiger partial charge in [0.15, 0.2) is 16.8 Å². The number of piperidine rings is 1. The summed E-state index contributed by atoms with van der Waals surface area (Å²) in [6.45, 7) is 7.12. The smallest absolute Gasteiger partial charge is 0.339 e. The molecule has 1 aliphatic heterocycles. The fraction of sp³-hybridized carbons (Fsp3) is 0.438. The van der Waals surface area contributed by atoms with E-state index in [1.54, 1.807) is 9.48 Å². The maximum Gasteiger partial charge on any atom is 0.339 e. The van der Waals surface area contributed by atoms with Crippen molar-refractivity contribution in [1.82, 2.24) is 19.9 Å². The number of nitriles is 1. The van der Waals surface area contributed by atoms with Gasteiger partial charge in [0, 0.05) is 12.5 Å². The lowest BCUT2D eigenvalue weighted by molar-refractivity contribution is -0.492. The van der Waals surface area contributed by atoms with Gasteiger partial charge in [-0.1, -0.05) is 6.92 Å². The number of aromatic nitrogens is 3. The molecule has 0 radical (unpaired) electrons. The zero-order chi connectivity index (χ0) is 18.1. The molecule has 9 nitrogen and oxygen atoms in total. The number of H-pyrrole nitrogens is 1. The first kappa shape index (κ1) is 16.7. The van der Waals surface area contributed by atoms with Gasteiger partial charge in [-0.2, -0.15) is 10.2 Å². The fourth-order valence-electron chi connectivity index (χ4n) is 3.21. The molecule has 1 saturated heterocycles. The number of hydrogen-bond donors (Lipinski definition) is 3. The highest BCUT2D eigenvalue weighted by atomic mass is 16.3. The minimum Gasteiger partial charge on any atom is -0.502 e. The molecule has 0 aliphatic carbocycles. The van der Waals surface area contributed by atoms with Crippen LogP contribution in [0.5, 0.6) is 11.6 Å². The summed E-state index contributed by atoms with van der Waals surface area (Å²) in [5, 5.41) is 28.8. The largest absolute Gasteiger partial charge is 0.502 e. The van der Waals surface area contributed by atoms with Crippen LogP contribution in [0.4, 0.5) is 5.82 Å². The SMILES string of the molecule is C=[N+](c1ncnc2[nH]c(O)c(O)c12)C1CN(C(=O)CC#N)CCC1C. The van der Waals surface area contributed by atoms with Crippen molar-refractivity contribution < 1.29 is 19.6 Å². The second-order valence-corrected chi connectivity index (χ2v) is 6.22. The van der Waals surface area contributed by atoms with Crippen LogP contribution in [0, 0.1) is 17.2 Å². The molecule has 0 saturated carbocycles. The van der Waals surface area contributed by atoms with E-state index in [1.807, 2.05) is 6.07 Å². The Labute approximate surface area is 143 Å². The van der Waals surface area contributed by atoms with Gasteiger partial charge in [0.25, 0.3) is 0 Å². The quantitative estimate of drug-likeness (QED) is 0.560. The number of nitrogens with zero attached hydrogens (tertiary/aromatic N) is 5. The van der Waals surface area contributed by atoms with E-state index in [2.05, 4.69) is 28.6 Å². The number of carbonyl (C=O) groups is 1. The van der Waals surface area contributed by atoms with E-state index in [0.29, 0.717) is 24.6 Å². The first-order valence-corrected chi connectivity index (χ1v) is 7.93. The topological polar surface area (TPSA) is 129 Å². The number of fused-ring (bicyclic) bond motifs is 1. The minimum atomic E-state index is -0.382. The van der Waals surface area contributed by atoms with Crippen LogP contribution >= 0.6 is 0 Å². The Bertz CT molecular complexity index is 884. The molecule has 0 aromatic carbocycles. The van der Waals surface area contributed by atoms with Crippen LogP contribution in [0.3, 0.4) is 0 Å². The second-order valence-electron chi connectivity index (χ2n) is 6.22. The molecule has 3 N–H and O–H groups in total. The Balaban J connectivity index is 1.94. The molecule has 2 unspecified atom stereocenters. The van der Waals surface area contributed by atoms with Crippen molar-refractivity contribution in [3.05, 3.63) is 6.33 Å². The van der Waals surface area contributed by atoms with Gasteiger partial charge in [-0.3, -0.25) is 4.79 Å². The Morgan fingerprint density at radius 2 is 2.32 bits per heavy atom. The van der Waals surface area contributed by atoms with E-state index in [-0.39, 0.29) is 41.3 Å². The Morgan fingerprint density at radius 3 is 3.04 bits per heavy atom. The zero-order valence-corrected chi connectivity index (χ0v) is 13.8. The number of aromatic hydroxyl groups is 2. The number of aromatic amines is 1. The number of hydrogen-bond acceptors (Lipinski definition) is 6. The Kier molecular flexibility index (Phi) is 4.27. The average molecular weight is 343 g/mol. The maximum atomic E-state index is 12.0. The van der Waals surface area contributed by atoms with Crippen molar-refractivity contribution in [2.24, 2.45) is 5.92 Å². The van der Waals surface area contributed by atoms with Crippen LogP contribution in [0.25, 0.3) is 11.0 Å². The summed E-state index contributed by atoms with van der Waals surface area (Å²) in [5.41, 5.74) is 0.300. The van der Waals surface area contributed by atoms with Gasteiger partial charge in [0.2, 0.25) is 18.1 Å². The van der Waals surface area contributed by atoms with E-state index in [9.17, 15) is 15.0 Å². The Hall–Kier alpha value is -3.15. The van der Waals surface area contributed by atoms with Crippen molar-refractivity contribution in [2.75, 3.05) is 13.1 Å². The normalized spacial score (nSPS) is 20.4. The van der Waals surface area contributed by atoms with E-state index in [4.69, 9.17) is 5.26 Å². The molecule has 2 aromatic rings. The van der Waals surface area contributed by atoms with Crippen LogP contribution in [0.2, 0.25) is 0 Å². The molecule has 25 heavy (non-hydrogen) atoms. The highest BCUT2D eigenvalue weighted by Gasteiger charge is 2.36. The van der Waals surface area contributed by atoms with Gasteiger partial charge < -0.3 is 20.1 Å². The predicted molar refractivity (Wildman–Crippen MR) is 88.6 cm³/mol. The highest BCUT2D eigenvalue weighted by Crippen LogP contribution is 2.38. The standard InChI is InChI=1S/C16H18N6O3/c1-9-4-6-22(11(23)3-5-17)7-10(9)21(2)15-12-13(24)16(25)20-14(12)18-8-19-15/h8-10H,2-4,6-7H2,1H3,(H2-,18,19,20,24,25)/p+1. The summed E-state index contributed by atoms with van der Waals surface area (Å²) < 4.78 is 1.65. The summed E-state index contributed by atoms with van der Waals surface area (Å²) in [4.78, 5) is 24.5. The maximum absolute atomic E-state index is 12.0. The number of rotatable bonds is 3. The van der Waals surface area contributed by atoms with Crippen LogP contribution in [-0.4, -0.2) is 66.4 Å². The third kappa shape index (κ3) is 2.87. The van der Waals surface area contributed by atoms with E-state index >= 15 is 0 Å². The molecule has 2 atom stereocenters. The van der Waals surface area contributed by atoms with Crippen LogP contribution in [-0.2, 0) is 4.79 Å². The molecule has 3 rings (SSSR count). The summed E-state index contributed by atoms with van der Waals surface area (Å²) >= 11 is 0. The number of likely N-dealkylation sites (tertiary alicyclic amines) is 1. The Morgan fingerprint density at radius 1 is 1.56 bits per heavy atom. The molecular formula is C16H19N6O3+. The third-order valence-electron chi connectivity index (χ3n) is 4.70. The highest BCUT2D eigenvalue weighted by molar-refractivity contribution is 5.92.